The fraction of sp³-hybridized carbons (Fsp3) is 0.857. The molecule has 2 aliphatic heterocycles. The fourth-order valence-corrected chi connectivity index (χ4v) is 3.78. The molecule has 128 valence electrons. The van der Waals surface area contributed by atoms with E-state index in [9.17, 15) is 14.7 Å². The molecule has 6 nitrogen and oxygen atoms in total. The van der Waals surface area contributed by atoms with Gasteiger partial charge in [-0.1, -0.05) is 13.8 Å². The Labute approximate surface area is 142 Å². The number of nitrogens with one attached hydrogen (secondary N) is 2. The number of aliphatic hydroxyl groups is 1. The van der Waals surface area contributed by atoms with E-state index in [1.807, 2.05) is 13.8 Å². The van der Waals surface area contributed by atoms with E-state index in [0.29, 0.717) is 24.7 Å². The Balaban J connectivity index is 0.00000242. The molecule has 0 aromatic rings. The number of carbonyl (C=O) groups is 2. The van der Waals surface area contributed by atoms with Crippen LogP contribution in [0.5, 0.6) is 0 Å². The second-order valence-corrected chi connectivity index (χ2v) is 6.86. The molecule has 3 N–H and O–H groups in total. The molecule has 2 rings (SSSR count). The van der Waals surface area contributed by atoms with E-state index in [-0.39, 0.29) is 42.1 Å². The summed E-state index contributed by atoms with van der Waals surface area (Å²) in [6.07, 6.45) is 0.384. The molecule has 4 atom stereocenters. The number of nitrogens with zero attached hydrogens (tertiary/aromatic N) is 1. The molecular weight excluding hydrogens is 326 g/mol. The van der Waals surface area contributed by atoms with E-state index in [0.717, 1.165) is 13.0 Å². The van der Waals surface area contributed by atoms with Crippen LogP contribution >= 0.6 is 24.2 Å². The molecular formula is C14H26ClN3O3S. The molecule has 2 saturated heterocycles. The third kappa shape index (κ3) is 4.50. The summed E-state index contributed by atoms with van der Waals surface area (Å²) in [5.74, 6) is 1.22. The van der Waals surface area contributed by atoms with Crippen LogP contribution in [-0.2, 0) is 9.59 Å². The van der Waals surface area contributed by atoms with Gasteiger partial charge in [0.1, 0.15) is 6.04 Å². The summed E-state index contributed by atoms with van der Waals surface area (Å²) in [5, 5.41) is 15.7. The molecule has 22 heavy (non-hydrogen) atoms. The Morgan fingerprint density at radius 2 is 2.18 bits per heavy atom. The van der Waals surface area contributed by atoms with Crippen LogP contribution in [0.4, 0.5) is 0 Å². The molecule has 2 fully saturated rings. The topological polar surface area (TPSA) is 81.7 Å². The van der Waals surface area contributed by atoms with Crippen LogP contribution in [0.3, 0.4) is 0 Å². The van der Waals surface area contributed by atoms with Crippen molar-refractivity contribution in [1.82, 2.24) is 15.5 Å². The number of rotatable bonds is 5. The van der Waals surface area contributed by atoms with Crippen molar-refractivity contribution < 1.29 is 14.7 Å². The second-order valence-electron chi connectivity index (χ2n) is 5.86. The Kier molecular flexibility index (Phi) is 7.96. The number of β-amino-alcohol motifs (C(OH)–C–C–N with tert-alkyl or cyclic N) is 1. The van der Waals surface area contributed by atoms with Crippen LogP contribution in [0.2, 0.25) is 0 Å². The molecule has 0 saturated carbocycles. The number of carbonyl (C=O) groups excluding carboxylic acids is 2. The van der Waals surface area contributed by atoms with Gasteiger partial charge in [0.25, 0.3) is 0 Å². The quantitative estimate of drug-likeness (QED) is 0.652. The molecule has 0 aromatic heterocycles. The molecule has 2 amide bonds. The first-order valence-corrected chi connectivity index (χ1v) is 8.74. The number of hydrogen-bond donors (Lipinski definition) is 3. The third-order valence-electron chi connectivity index (χ3n) is 4.34. The van der Waals surface area contributed by atoms with Gasteiger partial charge in [-0.05, 0) is 6.42 Å². The third-order valence-corrected chi connectivity index (χ3v) is 5.36. The number of aliphatic hydroxyl groups excluding tert-OH is 1. The van der Waals surface area contributed by atoms with Gasteiger partial charge in [-0.25, -0.2) is 0 Å². The van der Waals surface area contributed by atoms with Crippen molar-refractivity contribution in [1.29, 1.82) is 0 Å². The Morgan fingerprint density at radius 1 is 1.45 bits per heavy atom. The van der Waals surface area contributed by atoms with Crippen molar-refractivity contribution in [2.24, 2.45) is 11.8 Å². The van der Waals surface area contributed by atoms with E-state index in [1.54, 1.807) is 16.7 Å². The molecule has 0 radical (unpaired) electrons. The number of thioether (sulfide) groups is 1. The van der Waals surface area contributed by atoms with Crippen molar-refractivity contribution in [3.63, 3.8) is 0 Å². The van der Waals surface area contributed by atoms with Crippen LogP contribution in [0.25, 0.3) is 0 Å². The number of halogens is 1. The van der Waals surface area contributed by atoms with Gasteiger partial charge >= 0.3 is 0 Å². The van der Waals surface area contributed by atoms with Crippen LogP contribution in [0, 0.1) is 11.8 Å². The van der Waals surface area contributed by atoms with E-state index < -0.39 is 6.10 Å². The highest BCUT2D eigenvalue weighted by Gasteiger charge is 2.36. The molecule has 0 aliphatic carbocycles. The standard InChI is InChI=1S/C14H25N3O3S.ClH/c1-3-9(2)14(20)17-8-21-7-11(17)13(19)16-5-10-4-15-6-12(10)18;/h9-12,15,18H,3-8H2,1-2H3,(H,16,19);1H. The van der Waals surface area contributed by atoms with E-state index in [2.05, 4.69) is 10.6 Å². The zero-order valence-electron chi connectivity index (χ0n) is 13.1. The average Bonchev–Trinajstić information content (AvgIpc) is 3.12. The van der Waals surface area contributed by atoms with E-state index in [4.69, 9.17) is 0 Å². The van der Waals surface area contributed by atoms with Gasteiger partial charge in [0.05, 0.1) is 12.0 Å². The largest absolute Gasteiger partial charge is 0.391 e. The zero-order valence-corrected chi connectivity index (χ0v) is 14.7. The highest BCUT2D eigenvalue weighted by atomic mass is 35.5. The van der Waals surface area contributed by atoms with Gasteiger partial charge in [-0.15, -0.1) is 24.2 Å². The molecule has 4 unspecified atom stereocenters. The first-order valence-electron chi connectivity index (χ1n) is 7.59. The SMILES string of the molecule is CCC(C)C(=O)N1CSCC1C(=O)NCC1CNCC1O.Cl. The molecule has 0 bridgehead atoms. The lowest BCUT2D eigenvalue weighted by Gasteiger charge is -2.26. The van der Waals surface area contributed by atoms with Gasteiger partial charge < -0.3 is 20.6 Å². The van der Waals surface area contributed by atoms with Crippen LogP contribution in [0.15, 0.2) is 0 Å². The van der Waals surface area contributed by atoms with Crippen LogP contribution in [0.1, 0.15) is 20.3 Å². The van der Waals surface area contributed by atoms with Crippen molar-refractivity contribution in [2.75, 3.05) is 31.3 Å². The van der Waals surface area contributed by atoms with Gasteiger partial charge in [0, 0.05) is 37.2 Å². The maximum Gasteiger partial charge on any atom is 0.243 e. The van der Waals surface area contributed by atoms with Crippen molar-refractivity contribution in [3.8, 4) is 0 Å². The minimum absolute atomic E-state index is 0. The molecule has 0 aromatic carbocycles. The van der Waals surface area contributed by atoms with Gasteiger partial charge in [0.15, 0.2) is 0 Å². The lowest BCUT2D eigenvalue weighted by atomic mass is 10.1. The lowest BCUT2D eigenvalue weighted by molar-refractivity contribution is -0.140. The van der Waals surface area contributed by atoms with Gasteiger partial charge in [-0.2, -0.15) is 0 Å². The average molecular weight is 352 g/mol. The zero-order chi connectivity index (χ0) is 15.4. The monoisotopic (exact) mass is 351 g/mol. The number of hydrogen-bond acceptors (Lipinski definition) is 5. The smallest absolute Gasteiger partial charge is 0.243 e. The lowest BCUT2D eigenvalue weighted by Crippen LogP contribution is -2.50. The molecule has 8 heteroatoms. The maximum atomic E-state index is 12.3. The van der Waals surface area contributed by atoms with Gasteiger partial charge in [-0.3, -0.25) is 9.59 Å². The molecule has 2 aliphatic rings. The van der Waals surface area contributed by atoms with Crippen molar-refractivity contribution in [3.05, 3.63) is 0 Å². The van der Waals surface area contributed by atoms with E-state index in [1.165, 1.54) is 0 Å². The molecule has 2 heterocycles. The summed E-state index contributed by atoms with van der Waals surface area (Å²) in [4.78, 5) is 26.3. The van der Waals surface area contributed by atoms with Gasteiger partial charge in [0.2, 0.25) is 11.8 Å². The highest BCUT2D eigenvalue weighted by Crippen LogP contribution is 2.24. The predicted molar refractivity (Wildman–Crippen MR) is 90.0 cm³/mol. The summed E-state index contributed by atoms with van der Waals surface area (Å²) in [6.45, 7) is 5.64. The highest BCUT2D eigenvalue weighted by molar-refractivity contribution is 7.99. The first-order chi connectivity index (χ1) is 10.0. The molecule has 0 spiro atoms. The van der Waals surface area contributed by atoms with E-state index >= 15 is 0 Å². The minimum Gasteiger partial charge on any atom is -0.391 e. The summed E-state index contributed by atoms with van der Waals surface area (Å²) in [6, 6.07) is -0.372. The fourth-order valence-electron chi connectivity index (χ4n) is 2.61. The predicted octanol–water partition coefficient (Wildman–Crippen LogP) is 0.0523. The number of amides is 2. The summed E-state index contributed by atoms with van der Waals surface area (Å²) < 4.78 is 0. The summed E-state index contributed by atoms with van der Waals surface area (Å²) in [7, 11) is 0. The van der Waals surface area contributed by atoms with Crippen molar-refractivity contribution >= 4 is 36.0 Å². The summed E-state index contributed by atoms with van der Waals surface area (Å²) in [5.41, 5.74) is 0. The minimum atomic E-state index is -0.402. The Hall–Kier alpha value is -0.500. The Morgan fingerprint density at radius 3 is 2.77 bits per heavy atom. The first kappa shape index (κ1) is 19.5. The van der Waals surface area contributed by atoms with Crippen LogP contribution < -0.4 is 10.6 Å². The normalized spacial score (nSPS) is 29.0. The second kappa shape index (κ2) is 8.96. The summed E-state index contributed by atoms with van der Waals surface area (Å²) >= 11 is 1.62. The van der Waals surface area contributed by atoms with Crippen LogP contribution in [-0.4, -0.2) is 65.2 Å². The maximum absolute atomic E-state index is 12.3. The Bertz CT molecular complexity index is 400. The van der Waals surface area contributed by atoms with Crippen molar-refractivity contribution in [2.45, 2.75) is 32.4 Å².